The smallest absolute Gasteiger partial charge is 0.339 e. The molecule has 0 bridgehead atoms. The SMILES string of the molecule is C[Si](C)(C)CCOCn1cncc1C(C1CC1)N(Cl)C(=O)NC(=O)c1ccccc1. The number of urea groups is 1. The number of halogens is 1. The third-order valence-corrected chi connectivity index (χ3v) is 7.11. The molecule has 1 aliphatic carbocycles. The van der Waals surface area contributed by atoms with E-state index in [4.69, 9.17) is 16.5 Å². The molecule has 0 spiro atoms. The number of nitrogens with one attached hydrogen (secondary N) is 1. The summed E-state index contributed by atoms with van der Waals surface area (Å²) in [6.45, 7) is 7.98. The average molecular weight is 449 g/mol. The van der Waals surface area contributed by atoms with Gasteiger partial charge in [0.15, 0.2) is 0 Å². The molecular weight excluding hydrogens is 420 g/mol. The van der Waals surface area contributed by atoms with Crippen molar-refractivity contribution in [1.82, 2.24) is 19.3 Å². The maximum absolute atomic E-state index is 12.7. The van der Waals surface area contributed by atoms with Gasteiger partial charge < -0.3 is 9.30 Å². The number of imidazole rings is 1. The Morgan fingerprint density at radius 2 is 2.00 bits per heavy atom. The lowest BCUT2D eigenvalue weighted by Gasteiger charge is -2.26. The van der Waals surface area contributed by atoms with Crippen LogP contribution in [-0.4, -0.2) is 40.6 Å². The van der Waals surface area contributed by atoms with Crippen LogP contribution in [0.2, 0.25) is 25.7 Å². The van der Waals surface area contributed by atoms with Crippen molar-refractivity contribution >= 4 is 31.8 Å². The van der Waals surface area contributed by atoms with Crippen LogP contribution in [0.4, 0.5) is 4.79 Å². The van der Waals surface area contributed by atoms with E-state index in [-0.39, 0.29) is 12.0 Å². The Labute approximate surface area is 183 Å². The molecule has 0 saturated heterocycles. The van der Waals surface area contributed by atoms with Gasteiger partial charge in [-0.25, -0.2) is 14.2 Å². The van der Waals surface area contributed by atoms with Crippen molar-refractivity contribution in [2.24, 2.45) is 5.92 Å². The molecule has 1 fully saturated rings. The lowest BCUT2D eigenvalue weighted by molar-refractivity contribution is 0.0823. The lowest BCUT2D eigenvalue weighted by Crippen LogP contribution is -2.41. The highest BCUT2D eigenvalue weighted by Crippen LogP contribution is 2.45. The van der Waals surface area contributed by atoms with E-state index in [0.717, 1.165) is 29.0 Å². The maximum Gasteiger partial charge on any atom is 0.339 e. The van der Waals surface area contributed by atoms with Gasteiger partial charge in [-0.1, -0.05) is 37.8 Å². The van der Waals surface area contributed by atoms with Crippen molar-refractivity contribution in [2.75, 3.05) is 6.61 Å². The van der Waals surface area contributed by atoms with E-state index in [1.165, 1.54) is 0 Å². The highest BCUT2D eigenvalue weighted by atomic mass is 35.5. The average Bonchev–Trinajstić information content (AvgIpc) is 3.43. The van der Waals surface area contributed by atoms with E-state index in [2.05, 4.69) is 29.9 Å². The molecule has 3 amide bonds. The van der Waals surface area contributed by atoms with E-state index >= 15 is 0 Å². The van der Waals surface area contributed by atoms with Crippen LogP contribution < -0.4 is 5.32 Å². The molecular formula is C21H29ClN4O3Si. The number of carbonyl (C=O) groups excluding carboxylic acids is 2. The van der Waals surface area contributed by atoms with Gasteiger partial charge in [0.25, 0.3) is 5.91 Å². The molecule has 162 valence electrons. The molecule has 1 N–H and O–H groups in total. The number of amides is 3. The van der Waals surface area contributed by atoms with Crippen molar-refractivity contribution in [3.8, 4) is 0 Å². The largest absolute Gasteiger partial charge is 0.361 e. The summed E-state index contributed by atoms with van der Waals surface area (Å²) in [6, 6.07) is 8.64. The molecule has 30 heavy (non-hydrogen) atoms. The quantitative estimate of drug-likeness (QED) is 0.344. The van der Waals surface area contributed by atoms with Gasteiger partial charge in [0, 0.05) is 32.0 Å². The third kappa shape index (κ3) is 6.17. The highest BCUT2D eigenvalue weighted by Gasteiger charge is 2.40. The molecule has 2 aromatic rings. The number of benzene rings is 1. The number of carbonyl (C=O) groups is 2. The Bertz CT molecular complexity index is 865. The zero-order chi connectivity index (χ0) is 21.7. The summed E-state index contributed by atoms with van der Waals surface area (Å²) in [5.74, 6) is -0.249. The normalized spacial score (nSPS) is 14.9. The number of nitrogens with zero attached hydrogens (tertiary/aromatic N) is 3. The topological polar surface area (TPSA) is 76.5 Å². The fourth-order valence-electron chi connectivity index (χ4n) is 3.12. The van der Waals surface area contributed by atoms with Crippen molar-refractivity contribution in [3.63, 3.8) is 0 Å². The van der Waals surface area contributed by atoms with Crippen LogP contribution in [0.15, 0.2) is 42.9 Å². The van der Waals surface area contributed by atoms with Gasteiger partial charge in [0.1, 0.15) is 6.73 Å². The number of aromatic nitrogens is 2. The van der Waals surface area contributed by atoms with Crippen LogP contribution in [0.3, 0.4) is 0 Å². The van der Waals surface area contributed by atoms with Crippen LogP contribution in [0, 0.1) is 5.92 Å². The Kier molecular flexibility index (Phi) is 7.33. The second-order valence-electron chi connectivity index (χ2n) is 8.86. The van der Waals surface area contributed by atoms with Gasteiger partial charge in [-0.2, -0.15) is 0 Å². The molecule has 9 heteroatoms. The Balaban J connectivity index is 1.65. The monoisotopic (exact) mass is 448 g/mol. The van der Waals surface area contributed by atoms with Crippen LogP contribution in [0.5, 0.6) is 0 Å². The fraction of sp³-hybridized carbons (Fsp3) is 0.476. The van der Waals surface area contributed by atoms with Gasteiger partial charge in [-0.05, 0) is 36.9 Å². The Morgan fingerprint density at radius 3 is 2.63 bits per heavy atom. The van der Waals surface area contributed by atoms with Crippen LogP contribution in [-0.2, 0) is 11.5 Å². The summed E-state index contributed by atoms with van der Waals surface area (Å²) in [6.07, 6.45) is 5.34. The first-order valence-electron chi connectivity index (χ1n) is 10.2. The molecule has 1 atom stereocenters. The van der Waals surface area contributed by atoms with Gasteiger partial charge >= 0.3 is 6.03 Å². The third-order valence-electron chi connectivity index (χ3n) is 5.04. The van der Waals surface area contributed by atoms with Gasteiger partial charge in [-0.15, -0.1) is 0 Å². The molecule has 1 unspecified atom stereocenters. The first-order valence-corrected chi connectivity index (χ1v) is 14.2. The molecule has 1 heterocycles. The van der Waals surface area contributed by atoms with Crippen LogP contribution in [0.1, 0.15) is 34.9 Å². The standard InChI is InChI=1S/C21H29ClN4O3Si/c1-30(2,3)12-11-29-15-25-14-23-13-18(25)19(16-9-10-16)26(22)21(28)24-20(27)17-7-5-4-6-8-17/h4-8,13-14,16,19H,9-12,15H2,1-3H3,(H,24,27,28). The van der Waals surface area contributed by atoms with Crippen molar-refractivity contribution in [1.29, 1.82) is 0 Å². The molecule has 1 aliphatic rings. The summed E-state index contributed by atoms with van der Waals surface area (Å²) >= 11 is 6.44. The van der Waals surface area contributed by atoms with Crippen LogP contribution in [0.25, 0.3) is 0 Å². The molecule has 0 radical (unpaired) electrons. The number of imide groups is 1. The van der Waals surface area contributed by atoms with E-state index in [1.807, 2.05) is 10.6 Å². The number of hydrogen-bond acceptors (Lipinski definition) is 4. The van der Waals surface area contributed by atoms with Gasteiger partial charge in [0.05, 0.1) is 24.3 Å². The first-order chi connectivity index (χ1) is 14.3. The predicted molar refractivity (Wildman–Crippen MR) is 119 cm³/mol. The van der Waals surface area contributed by atoms with Gasteiger partial charge in [-0.3, -0.25) is 10.1 Å². The second-order valence-corrected chi connectivity index (χ2v) is 14.8. The zero-order valence-corrected chi connectivity index (χ0v) is 19.4. The molecule has 3 rings (SSSR count). The summed E-state index contributed by atoms with van der Waals surface area (Å²) < 4.78 is 8.82. The van der Waals surface area contributed by atoms with Gasteiger partial charge in [0.2, 0.25) is 0 Å². The highest BCUT2D eigenvalue weighted by molar-refractivity contribution is 6.76. The molecule has 7 nitrogen and oxygen atoms in total. The van der Waals surface area contributed by atoms with E-state index < -0.39 is 20.0 Å². The van der Waals surface area contributed by atoms with E-state index in [9.17, 15) is 9.59 Å². The fourth-order valence-corrected chi connectivity index (χ4v) is 4.18. The molecule has 0 aliphatic heterocycles. The van der Waals surface area contributed by atoms with Crippen molar-refractivity contribution < 1.29 is 14.3 Å². The minimum absolute atomic E-state index is 0.234. The minimum Gasteiger partial charge on any atom is -0.361 e. The summed E-state index contributed by atoms with van der Waals surface area (Å²) in [7, 11) is -1.16. The lowest BCUT2D eigenvalue weighted by atomic mass is 10.1. The van der Waals surface area contributed by atoms with E-state index in [1.54, 1.807) is 36.8 Å². The Hall–Kier alpha value is -2.16. The maximum atomic E-state index is 12.7. The van der Waals surface area contributed by atoms with Crippen LogP contribution >= 0.6 is 11.8 Å². The van der Waals surface area contributed by atoms with Crippen molar-refractivity contribution in [3.05, 3.63) is 54.1 Å². The zero-order valence-electron chi connectivity index (χ0n) is 17.7. The number of ether oxygens (including phenoxy) is 1. The summed E-state index contributed by atoms with van der Waals surface area (Å²) in [4.78, 5) is 29.2. The Morgan fingerprint density at radius 1 is 1.30 bits per heavy atom. The molecule has 1 aromatic heterocycles. The molecule has 1 aromatic carbocycles. The van der Waals surface area contributed by atoms with E-state index in [0.29, 0.717) is 18.9 Å². The van der Waals surface area contributed by atoms with Crippen molar-refractivity contribution in [2.45, 2.75) is 51.3 Å². The molecule has 1 saturated carbocycles. The number of hydrogen-bond donors (Lipinski definition) is 1. The summed E-state index contributed by atoms with van der Waals surface area (Å²) in [5, 5.41) is 2.37. The second kappa shape index (κ2) is 9.76. The first kappa shape index (κ1) is 22.5. The summed E-state index contributed by atoms with van der Waals surface area (Å²) in [5.41, 5.74) is 1.21. The minimum atomic E-state index is -1.16. The predicted octanol–water partition coefficient (Wildman–Crippen LogP) is 4.65. The number of rotatable bonds is 9.